The maximum atomic E-state index is 12.2. The molecule has 0 fully saturated rings. The first-order chi connectivity index (χ1) is 18.5. The third-order valence-electron chi connectivity index (χ3n) is 7.19. The molecule has 0 aliphatic rings. The molecule has 2 rings (SSSR count). The molecule has 0 saturated carbocycles. The lowest BCUT2D eigenvalue weighted by Gasteiger charge is -2.29. The van der Waals surface area contributed by atoms with Gasteiger partial charge in [0, 0.05) is 12.0 Å². The summed E-state index contributed by atoms with van der Waals surface area (Å²) in [6, 6.07) is 18.9. The molecular formula is C34H54NO3+. The van der Waals surface area contributed by atoms with Gasteiger partial charge in [-0.1, -0.05) is 114 Å². The quantitative estimate of drug-likeness (QED) is 0.0879. The van der Waals surface area contributed by atoms with Crippen molar-refractivity contribution in [3.05, 3.63) is 65.7 Å². The van der Waals surface area contributed by atoms with E-state index >= 15 is 0 Å². The van der Waals surface area contributed by atoms with Gasteiger partial charge in [-0.15, -0.1) is 0 Å². The number of carbonyl (C=O) groups is 1. The molecule has 0 aromatic heterocycles. The van der Waals surface area contributed by atoms with E-state index in [-0.39, 0.29) is 5.97 Å². The fraction of sp³-hybridized carbons (Fsp3) is 0.618. The lowest BCUT2D eigenvalue weighted by Crippen LogP contribution is -2.40. The number of esters is 1. The van der Waals surface area contributed by atoms with E-state index in [9.17, 15) is 4.79 Å². The summed E-state index contributed by atoms with van der Waals surface area (Å²) in [5.41, 5.74) is 2.67. The van der Waals surface area contributed by atoms with E-state index < -0.39 is 0 Å². The molecule has 2 aromatic carbocycles. The molecule has 0 amide bonds. The van der Waals surface area contributed by atoms with E-state index in [0.29, 0.717) is 26.1 Å². The van der Waals surface area contributed by atoms with E-state index in [1.165, 1.54) is 81.8 Å². The number of carbonyl (C=O) groups excluding carboxylic acids is 1. The highest BCUT2D eigenvalue weighted by atomic mass is 16.5. The van der Waals surface area contributed by atoms with E-state index in [1.807, 2.05) is 6.07 Å². The van der Waals surface area contributed by atoms with E-state index in [2.05, 4.69) is 69.6 Å². The maximum Gasteiger partial charge on any atom is 0.311 e. The summed E-state index contributed by atoms with van der Waals surface area (Å²) in [4.78, 5) is 12.2. The molecule has 0 radical (unpaired) electrons. The average Bonchev–Trinajstić information content (AvgIpc) is 2.91. The molecule has 4 heteroatoms. The van der Waals surface area contributed by atoms with Gasteiger partial charge in [0.15, 0.2) is 0 Å². The van der Waals surface area contributed by atoms with Crippen molar-refractivity contribution in [2.24, 2.45) is 0 Å². The first kappa shape index (κ1) is 31.9. The van der Waals surface area contributed by atoms with Gasteiger partial charge in [-0.2, -0.15) is 0 Å². The summed E-state index contributed by atoms with van der Waals surface area (Å²) in [5, 5.41) is 0. The highest BCUT2D eigenvalue weighted by molar-refractivity contribution is 5.69. The van der Waals surface area contributed by atoms with Gasteiger partial charge < -0.3 is 14.0 Å². The van der Waals surface area contributed by atoms with Crippen LogP contribution in [0.2, 0.25) is 0 Å². The summed E-state index contributed by atoms with van der Waals surface area (Å²) in [6.45, 7) is 4.90. The number of ether oxygens (including phenoxy) is 2. The van der Waals surface area contributed by atoms with Crippen LogP contribution >= 0.6 is 0 Å². The van der Waals surface area contributed by atoms with Gasteiger partial charge in [0.1, 0.15) is 12.3 Å². The number of hydrogen-bond acceptors (Lipinski definition) is 3. The van der Waals surface area contributed by atoms with Crippen molar-refractivity contribution in [2.75, 3.05) is 33.9 Å². The molecule has 0 spiro atoms. The number of aryl methyl sites for hydroxylation is 1. The smallest absolute Gasteiger partial charge is 0.311 e. The molecule has 212 valence electrons. The number of unbranched alkanes of at least 4 members (excludes halogenated alkanes) is 10. The van der Waals surface area contributed by atoms with Crippen molar-refractivity contribution >= 4 is 5.97 Å². The molecule has 0 saturated heterocycles. The predicted octanol–water partition coefficient (Wildman–Crippen LogP) is 8.52. The highest BCUT2D eigenvalue weighted by Crippen LogP contribution is 2.16. The Morgan fingerprint density at radius 2 is 1.29 bits per heavy atom. The number of rotatable bonds is 22. The van der Waals surface area contributed by atoms with Gasteiger partial charge >= 0.3 is 5.97 Å². The lowest BCUT2D eigenvalue weighted by molar-refractivity contribution is -0.903. The molecule has 0 unspecified atom stereocenters. The summed E-state index contributed by atoms with van der Waals surface area (Å²) in [5.74, 6) is 0.759. The van der Waals surface area contributed by atoms with Crippen LogP contribution < -0.4 is 4.74 Å². The van der Waals surface area contributed by atoms with E-state index in [4.69, 9.17) is 9.47 Å². The van der Waals surface area contributed by atoms with Crippen molar-refractivity contribution in [1.29, 1.82) is 0 Å². The van der Waals surface area contributed by atoms with E-state index in [1.54, 1.807) is 0 Å². The molecule has 38 heavy (non-hydrogen) atoms. The molecule has 0 aliphatic heterocycles. The zero-order valence-corrected chi connectivity index (χ0v) is 24.6. The molecule has 0 aliphatic carbocycles. The summed E-state index contributed by atoms with van der Waals surface area (Å²) < 4.78 is 12.0. The van der Waals surface area contributed by atoms with Crippen LogP contribution in [0.25, 0.3) is 0 Å². The second-order valence-corrected chi connectivity index (χ2v) is 11.4. The number of quaternary nitrogens is 1. The molecule has 0 heterocycles. The highest BCUT2D eigenvalue weighted by Gasteiger charge is 2.18. The molecule has 4 nitrogen and oxygen atoms in total. The maximum absolute atomic E-state index is 12.2. The second kappa shape index (κ2) is 19.7. The molecule has 2 aromatic rings. The van der Waals surface area contributed by atoms with Crippen LogP contribution in [0.1, 0.15) is 102 Å². The van der Waals surface area contributed by atoms with Gasteiger partial charge in [0.25, 0.3) is 0 Å². The first-order valence-corrected chi connectivity index (χ1v) is 15.2. The largest absolute Gasteiger partial charge is 0.493 e. The number of nitrogens with zero attached hydrogens (tertiary/aromatic N) is 1. The Balaban J connectivity index is 1.45. The van der Waals surface area contributed by atoms with E-state index in [0.717, 1.165) is 29.7 Å². The summed E-state index contributed by atoms with van der Waals surface area (Å²) in [7, 11) is 4.30. The van der Waals surface area contributed by atoms with Crippen molar-refractivity contribution in [3.63, 3.8) is 0 Å². The Kier molecular flexibility index (Phi) is 16.5. The van der Waals surface area contributed by atoms with Crippen LogP contribution in [0.15, 0.2) is 54.6 Å². The Morgan fingerprint density at radius 3 is 1.92 bits per heavy atom. The van der Waals surface area contributed by atoms with Crippen molar-refractivity contribution < 1.29 is 18.8 Å². The van der Waals surface area contributed by atoms with Crippen molar-refractivity contribution in [3.8, 4) is 5.75 Å². The van der Waals surface area contributed by atoms with Crippen LogP contribution in [0.4, 0.5) is 0 Å². The van der Waals surface area contributed by atoms with Gasteiger partial charge in [0.2, 0.25) is 0 Å². The van der Waals surface area contributed by atoms with Crippen LogP contribution in [0.3, 0.4) is 0 Å². The Morgan fingerprint density at radius 1 is 0.684 bits per heavy atom. The first-order valence-electron chi connectivity index (χ1n) is 15.2. The van der Waals surface area contributed by atoms with Crippen LogP contribution in [-0.4, -0.2) is 44.3 Å². The van der Waals surface area contributed by atoms with Gasteiger partial charge in [0.05, 0.1) is 40.3 Å². The Labute approximate surface area is 233 Å². The monoisotopic (exact) mass is 524 g/mol. The molecular weight excluding hydrogens is 470 g/mol. The van der Waals surface area contributed by atoms with Gasteiger partial charge in [-0.3, -0.25) is 4.79 Å². The molecule has 0 bridgehead atoms. The third kappa shape index (κ3) is 15.8. The normalized spacial score (nSPS) is 11.4. The predicted molar refractivity (Wildman–Crippen MR) is 159 cm³/mol. The second-order valence-electron chi connectivity index (χ2n) is 11.4. The Hall–Kier alpha value is -2.33. The minimum Gasteiger partial charge on any atom is -0.493 e. The van der Waals surface area contributed by atoms with Crippen molar-refractivity contribution in [2.45, 2.75) is 103 Å². The summed E-state index contributed by atoms with van der Waals surface area (Å²) in [6.07, 6.45) is 17.5. The molecule has 0 N–H and O–H groups in total. The third-order valence-corrected chi connectivity index (χ3v) is 7.19. The minimum atomic E-state index is -0.129. The minimum absolute atomic E-state index is 0.129. The van der Waals surface area contributed by atoms with Crippen LogP contribution in [0.5, 0.6) is 5.75 Å². The number of hydrogen-bond donors (Lipinski definition) is 0. The standard InChI is InChI=1S/C34H54NO3/c1-4-5-6-7-8-9-10-11-12-13-15-19-31-22-24-33(25-23-31)37-28-18-29-38-34(36)26-27-35(2,3)30-32-20-16-14-17-21-32/h14,16-17,20-25H,4-13,15,18-19,26-30H2,1-3H3/q+1. The van der Waals surface area contributed by atoms with Gasteiger partial charge in [-0.25, -0.2) is 0 Å². The number of benzene rings is 2. The summed E-state index contributed by atoms with van der Waals surface area (Å²) >= 11 is 0. The zero-order chi connectivity index (χ0) is 27.3. The van der Waals surface area contributed by atoms with Gasteiger partial charge in [-0.05, 0) is 30.5 Å². The lowest BCUT2D eigenvalue weighted by atomic mass is 10.0. The van der Waals surface area contributed by atoms with Crippen LogP contribution in [0, 0.1) is 0 Å². The molecule has 0 atom stereocenters. The fourth-order valence-corrected chi connectivity index (χ4v) is 4.80. The fourth-order valence-electron chi connectivity index (χ4n) is 4.80. The topological polar surface area (TPSA) is 35.5 Å². The average molecular weight is 525 g/mol. The zero-order valence-electron chi connectivity index (χ0n) is 24.6. The van der Waals surface area contributed by atoms with Crippen molar-refractivity contribution in [1.82, 2.24) is 0 Å². The Bertz CT molecular complexity index is 848. The SMILES string of the molecule is CCCCCCCCCCCCCc1ccc(OCCCOC(=O)CC[N+](C)(C)Cc2ccccc2)cc1. The van der Waals surface area contributed by atoms with Crippen LogP contribution in [-0.2, 0) is 22.5 Å².